The normalized spacial score (nSPS) is 21.3. The van der Waals surface area contributed by atoms with Crippen LogP contribution in [0.15, 0.2) is 0 Å². The zero-order valence-electron chi connectivity index (χ0n) is 10.0. The summed E-state index contributed by atoms with van der Waals surface area (Å²) in [5.41, 5.74) is 0. The van der Waals surface area contributed by atoms with E-state index in [1.165, 1.54) is 4.90 Å². The van der Waals surface area contributed by atoms with E-state index in [-0.39, 0.29) is 11.9 Å². The lowest BCUT2D eigenvalue weighted by Gasteiger charge is -2.30. The number of rotatable bonds is 4. The van der Waals surface area contributed by atoms with Crippen LogP contribution in [0.2, 0.25) is 0 Å². The molecule has 1 heterocycles. The van der Waals surface area contributed by atoms with Crippen molar-refractivity contribution in [2.24, 2.45) is 0 Å². The number of likely N-dealkylation sites (N-methyl/N-ethyl adjacent to an activating group) is 1. The fraction of sp³-hybridized carbons (Fsp3) is 0.700. The van der Waals surface area contributed by atoms with E-state index in [2.05, 4.69) is 10.6 Å². The first-order chi connectivity index (χ1) is 8.43. The Morgan fingerprint density at radius 2 is 2.22 bits per heavy atom. The van der Waals surface area contributed by atoms with Crippen LogP contribution in [0.5, 0.6) is 0 Å². The van der Waals surface area contributed by atoms with Gasteiger partial charge in [0.25, 0.3) is 0 Å². The molecule has 102 valence electrons. The van der Waals surface area contributed by atoms with Gasteiger partial charge < -0.3 is 25.7 Å². The number of hydrogen-bond donors (Lipinski definition) is 4. The van der Waals surface area contributed by atoms with Gasteiger partial charge in [0.1, 0.15) is 0 Å². The first-order valence-corrected chi connectivity index (χ1v) is 5.58. The molecule has 0 saturated carbocycles. The molecule has 0 radical (unpaired) electrons. The SMILES string of the molecule is CN1CC(NC(=O)N[C@H](CO)C(=O)O)CCC1=O. The van der Waals surface area contributed by atoms with Crippen molar-refractivity contribution in [3.8, 4) is 0 Å². The van der Waals surface area contributed by atoms with Crippen LogP contribution in [0.25, 0.3) is 0 Å². The summed E-state index contributed by atoms with van der Waals surface area (Å²) in [6, 6.07) is -2.20. The molecule has 18 heavy (non-hydrogen) atoms. The van der Waals surface area contributed by atoms with E-state index in [1.807, 2.05) is 0 Å². The van der Waals surface area contributed by atoms with E-state index >= 15 is 0 Å². The third-order valence-electron chi connectivity index (χ3n) is 2.75. The number of aliphatic carboxylic acids is 1. The van der Waals surface area contributed by atoms with Crippen LogP contribution in [-0.4, -0.2) is 65.3 Å². The van der Waals surface area contributed by atoms with Crippen LogP contribution in [-0.2, 0) is 9.59 Å². The third-order valence-corrected chi connectivity index (χ3v) is 2.75. The number of likely N-dealkylation sites (tertiary alicyclic amines) is 1. The number of carbonyl (C=O) groups is 3. The minimum absolute atomic E-state index is 0.0206. The molecule has 0 aromatic carbocycles. The predicted molar refractivity (Wildman–Crippen MR) is 60.8 cm³/mol. The lowest BCUT2D eigenvalue weighted by atomic mass is 10.1. The Hall–Kier alpha value is -1.83. The van der Waals surface area contributed by atoms with E-state index in [1.54, 1.807) is 7.05 Å². The fourth-order valence-electron chi connectivity index (χ4n) is 1.70. The molecule has 1 saturated heterocycles. The number of piperidine rings is 1. The second kappa shape index (κ2) is 6.20. The summed E-state index contributed by atoms with van der Waals surface area (Å²) in [5.74, 6) is -1.28. The van der Waals surface area contributed by atoms with Crippen molar-refractivity contribution < 1.29 is 24.6 Å². The lowest BCUT2D eigenvalue weighted by Crippen LogP contribution is -2.54. The fourth-order valence-corrected chi connectivity index (χ4v) is 1.70. The third kappa shape index (κ3) is 3.88. The number of amides is 3. The average molecular weight is 259 g/mol. The highest BCUT2D eigenvalue weighted by molar-refractivity contribution is 5.83. The monoisotopic (exact) mass is 259 g/mol. The molecule has 1 unspecified atom stereocenters. The van der Waals surface area contributed by atoms with Crippen molar-refractivity contribution in [3.05, 3.63) is 0 Å². The molecule has 0 aliphatic carbocycles. The summed E-state index contributed by atoms with van der Waals surface area (Å²) in [7, 11) is 1.64. The Morgan fingerprint density at radius 1 is 1.56 bits per heavy atom. The Bertz CT molecular complexity index is 346. The van der Waals surface area contributed by atoms with Gasteiger partial charge in [-0.1, -0.05) is 0 Å². The molecule has 1 aliphatic rings. The smallest absolute Gasteiger partial charge is 0.328 e. The summed E-state index contributed by atoms with van der Waals surface area (Å²) < 4.78 is 0. The van der Waals surface area contributed by atoms with Crippen LogP contribution in [0.4, 0.5) is 4.79 Å². The van der Waals surface area contributed by atoms with E-state index in [0.717, 1.165) is 0 Å². The molecular weight excluding hydrogens is 242 g/mol. The van der Waals surface area contributed by atoms with Crippen molar-refractivity contribution in [2.75, 3.05) is 20.2 Å². The van der Waals surface area contributed by atoms with Crippen molar-refractivity contribution in [3.63, 3.8) is 0 Å². The zero-order valence-corrected chi connectivity index (χ0v) is 10.0. The van der Waals surface area contributed by atoms with Crippen LogP contribution in [0.3, 0.4) is 0 Å². The van der Waals surface area contributed by atoms with E-state index in [9.17, 15) is 14.4 Å². The molecule has 0 aromatic heterocycles. The van der Waals surface area contributed by atoms with Gasteiger partial charge in [0.15, 0.2) is 6.04 Å². The second-order valence-corrected chi connectivity index (χ2v) is 4.20. The Morgan fingerprint density at radius 3 is 2.72 bits per heavy atom. The Labute approximate surface area is 104 Å². The Kier molecular flexibility index (Phi) is 4.90. The highest BCUT2D eigenvalue weighted by Gasteiger charge is 2.25. The number of aliphatic hydroxyl groups excluding tert-OH is 1. The number of nitrogens with zero attached hydrogens (tertiary/aromatic N) is 1. The van der Waals surface area contributed by atoms with Gasteiger partial charge >= 0.3 is 12.0 Å². The topological polar surface area (TPSA) is 119 Å². The van der Waals surface area contributed by atoms with Crippen LogP contribution >= 0.6 is 0 Å². The molecule has 1 aliphatic heterocycles. The maximum absolute atomic E-state index is 11.5. The van der Waals surface area contributed by atoms with Gasteiger partial charge in [0, 0.05) is 26.1 Å². The van der Waals surface area contributed by atoms with Gasteiger partial charge in [0.2, 0.25) is 5.91 Å². The summed E-state index contributed by atoms with van der Waals surface area (Å²) >= 11 is 0. The first kappa shape index (κ1) is 14.2. The average Bonchev–Trinajstić information content (AvgIpc) is 2.30. The highest BCUT2D eigenvalue weighted by Crippen LogP contribution is 2.09. The quantitative estimate of drug-likeness (QED) is 0.482. The van der Waals surface area contributed by atoms with Crippen molar-refractivity contribution in [1.82, 2.24) is 15.5 Å². The molecule has 8 nitrogen and oxygen atoms in total. The number of carboxylic acid groups (broad SMARTS) is 1. The summed E-state index contributed by atoms with van der Waals surface area (Å²) in [6.07, 6.45) is 0.872. The van der Waals surface area contributed by atoms with Crippen LogP contribution in [0, 0.1) is 0 Å². The van der Waals surface area contributed by atoms with E-state index in [4.69, 9.17) is 10.2 Å². The molecule has 0 bridgehead atoms. The molecule has 2 atom stereocenters. The summed E-state index contributed by atoms with van der Waals surface area (Å²) in [6.45, 7) is -0.283. The van der Waals surface area contributed by atoms with Crippen molar-refractivity contribution in [1.29, 1.82) is 0 Å². The molecule has 3 amide bonds. The standard InChI is InChI=1S/C10H17N3O5/c1-13-4-6(2-3-8(13)15)11-10(18)12-7(5-14)9(16)17/h6-7,14H,2-5H2,1H3,(H,16,17)(H2,11,12,18)/t6?,7-/m1/s1. The van der Waals surface area contributed by atoms with Crippen LogP contribution < -0.4 is 10.6 Å². The largest absolute Gasteiger partial charge is 0.480 e. The molecular formula is C10H17N3O5. The van der Waals surface area contributed by atoms with Crippen molar-refractivity contribution >= 4 is 17.9 Å². The van der Waals surface area contributed by atoms with Gasteiger partial charge in [-0.15, -0.1) is 0 Å². The maximum Gasteiger partial charge on any atom is 0.328 e. The van der Waals surface area contributed by atoms with Gasteiger partial charge in [0.05, 0.1) is 6.61 Å². The zero-order chi connectivity index (χ0) is 13.7. The summed E-state index contributed by atoms with van der Waals surface area (Å²) in [5, 5.41) is 22.1. The highest BCUT2D eigenvalue weighted by atomic mass is 16.4. The molecule has 8 heteroatoms. The van der Waals surface area contributed by atoms with E-state index < -0.39 is 24.6 Å². The van der Waals surface area contributed by atoms with Gasteiger partial charge in [-0.05, 0) is 6.42 Å². The molecule has 0 spiro atoms. The molecule has 1 rings (SSSR count). The number of carboxylic acids is 1. The molecule has 1 fully saturated rings. The van der Waals surface area contributed by atoms with Crippen molar-refractivity contribution in [2.45, 2.75) is 24.9 Å². The number of aliphatic hydroxyl groups is 1. The maximum atomic E-state index is 11.5. The minimum atomic E-state index is -1.33. The summed E-state index contributed by atoms with van der Waals surface area (Å²) in [4.78, 5) is 34.8. The second-order valence-electron chi connectivity index (χ2n) is 4.20. The van der Waals surface area contributed by atoms with Crippen LogP contribution in [0.1, 0.15) is 12.8 Å². The number of carbonyl (C=O) groups excluding carboxylic acids is 2. The van der Waals surface area contributed by atoms with Gasteiger partial charge in [-0.25, -0.2) is 9.59 Å². The Balaban J connectivity index is 2.40. The van der Waals surface area contributed by atoms with Gasteiger partial charge in [-0.3, -0.25) is 4.79 Å². The molecule has 4 N–H and O–H groups in total. The number of urea groups is 1. The lowest BCUT2D eigenvalue weighted by molar-refractivity contribution is -0.140. The van der Waals surface area contributed by atoms with E-state index in [0.29, 0.717) is 19.4 Å². The molecule has 0 aromatic rings. The first-order valence-electron chi connectivity index (χ1n) is 5.58. The number of hydrogen-bond acceptors (Lipinski definition) is 4. The predicted octanol–water partition coefficient (Wildman–Crippen LogP) is -1.65. The minimum Gasteiger partial charge on any atom is -0.480 e. The van der Waals surface area contributed by atoms with Gasteiger partial charge in [-0.2, -0.15) is 0 Å². The number of nitrogens with one attached hydrogen (secondary N) is 2.